The van der Waals surface area contributed by atoms with Gasteiger partial charge in [0.05, 0.1) is 0 Å². The standard InChI is InChI=1S/C37H24N3O2.Pt/c1-23-14-17-28-30(24-9-3-2-4-10-24)22-34(39-36(28)37(23)41)42-26-16-18-29-32(21-26)40(33-13-7-8-20-38-33)31-19-15-25-11-5-6-12-27(25)35(29)31;/h2-20,22,41H,1H3;/q-1;. The summed E-state index contributed by atoms with van der Waals surface area (Å²) in [6.45, 7) is 1.87. The zero-order valence-electron chi connectivity index (χ0n) is 23.1. The second-order valence-corrected chi connectivity index (χ2v) is 10.4. The van der Waals surface area contributed by atoms with Gasteiger partial charge in [0.15, 0.2) is 0 Å². The summed E-state index contributed by atoms with van der Waals surface area (Å²) in [4.78, 5) is 9.42. The van der Waals surface area contributed by atoms with E-state index in [1.807, 2.05) is 79.7 Å². The minimum absolute atomic E-state index is 0. The van der Waals surface area contributed by atoms with Gasteiger partial charge in [0.25, 0.3) is 0 Å². The van der Waals surface area contributed by atoms with Crippen molar-refractivity contribution in [2.24, 2.45) is 0 Å². The van der Waals surface area contributed by atoms with Gasteiger partial charge < -0.3 is 14.4 Å². The SMILES string of the molecule is Cc1ccc2c(-c3ccccc3)cc(Oc3[c-]c4c(cc3)c3c5ccccc5ccc3n4-c3ccccn3)nc2c1O.[Pt]. The fourth-order valence-corrected chi connectivity index (χ4v) is 5.85. The van der Waals surface area contributed by atoms with E-state index in [9.17, 15) is 5.11 Å². The van der Waals surface area contributed by atoms with Crippen molar-refractivity contribution < 1.29 is 30.9 Å². The summed E-state index contributed by atoms with van der Waals surface area (Å²) in [5.41, 5.74) is 5.11. The fourth-order valence-electron chi connectivity index (χ4n) is 5.85. The van der Waals surface area contributed by atoms with E-state index in [2.05, 4.69) is 58.1 Å². The van der Waals surface area contributed by atoms with Crippen LogP contribution < -0.4 is 4.74 Å². The Hall–Kier alpha value is -4.99. The molecule has 8 rings (SSSR count). The minimum Gasteiger partial charge on any atom is -0.505 e. The molecule has 0 saturated heterocycles. The smallest absolute Gasteiger partial charge is 0.217 e. The van der Waals surface area contributed by atoms with Gasteiger partial charge >= 0.3 is 0 Å². The Morgan fingerprint density at radius 2 is 1.56 bits per heavy atom. The van der Waals surface area contributed by atoms with Gasteiger partial charge in [-0.25, -0.2) is 9.97 Å². The van der Waals surface area contributed by atoms with Crippen LogP contribution in [0.1, 0.15) is 5.56 Å². The van der Waals surface area contributed by atoms with Crippen molar-refractivity contribution in [3.05, 3.63) is 133 Å². The first-order chi connectivity index (χ1) is 20.7. The van der Waals surface area contributed by atoms with Crippen LogP contribution in [0.2, 0.25) is 0 Å². The molecule has 0 aliphatic rings. The number of nitrogens with zero attached hydrogens (tertiary/aromatic N) is 3. The molecule has 43 heavy (non-hydrogen) atoms. The molecule has 5 nitrogen and oxygen atoms in total. The average Bonchev–Trinajstić information content (AvgIpc) is 3.37. The molecule has 8 aromatic rings. The summed E-state index contributed by atoms with van der Waals surface area (Å²) >= 11 is 0. The maximum absolute atomic E-state index is 11.0. The number of benzene rings is 5. The molecule has 0 radical (unpaired) electrons. The molecule has 3 aromatic heterocycles. The number of hydrogen-bond acceptors (Lipinski definition) is 4. The topological polar surface area (TPSA) is 60.2 Å². The number of aromatic nitrogens is 3. The Morgan fingerprint density at radius 1 is 0.767 bits per heavy atom. The Balaban J connectivity index is 0.00000300. The molecule has 0 atom stereocenters. The van der Waals surface area contributed by atoms with Gasteiger partial charge in [-0.15, -0.1) is 17.5 Å². The Bertz CT molecular complexity index is 2300. The van der Waals surface area contributed by atoms with E-state index in [-0.39, 0.29) is 26.8 Å². The van der Waals surface area contributed by atoms with E-state index in [0.29, 0.717) is 17.1 Å². The third-order valence-electron chi connectivity index (χ3n) is 7.85. The quantitative estimate of drug-likeness (QED) is 0.183. The molecular formula is C37H24N3O2Pt-. The first-order valence-corrected chi connectivity index (χ1v) is 13.8. The molecule has 0 fully saturated rings. The molecule has 210 valence electrons. The van der Waals surface area contributed by atoms with E-state index < -0.39 is 0 Å². The number of phenolic OH excluding ortho intramolecular Hbond substituents is 1. The van der Waals surface area contributed by atoms with Crippen LogP contribution >= 0.6 is 0 Å². The Labute approximate surface area is 262 Å². The predicted octanol–water partition coefficient (Wildman–Crippen LogP) is 9.15. The van der Waals surface area contributed by atoms with Crippen molar-refractivity contribution in [3.63, 3.8) is 0 Å². The van der Waals surface area contributed by atoms with Crippen molar-refractivity contribution in [1.82, 2.24) is 14.5 Å². The molecule has 0 bridgehead atoms. The van der Waals surface area contributed by atoms with Crippen LogP contribution in [0.25, 0.3) is 60.4 Å². The number of fused-ring (bicyclic) bond motifs is 6. The monoisotopic (exact) mass is 737 g/mol. The van der Waals surface area contributed by atoms with Gasteiger partial charge in [-0.1, -0.05) is 84.4 Å². The first kappa shape index (κ1) is 26.9. The maximum Gasteiger partial charge on any atom is 0.217 e. The number of ether oxygens (including phenoxy) is 1. The number of aryl methyl sites for hydroxylation is 1. The van der Waals surface area contributed by atoms with Gasteiger partial charge in [-0.2, -0.15) is 6.07 Å². The summed E-state index contributed by atoms with van der Waals surface area (Å²) in [6, 6.07) is 42.0. The number of hydrogen-bond donors (Lipinski definition) is 1. The Morgan fingerprint density at radius 3 is 2.40 bits per heavy atom. The number of aromatic hydroxyl groups is 1. The second kappa shape index (κ2) is 10.7. The predicted molar refractivity (Wildman–Crippen MR) is 169 cm³/mol. The Kier molecular flexibility index (Phi) is 6.68. The molecule has 3 heterocycles. The van der Waals surface area contributed by atoms with Crippen molar-refractivity contribution in [3.8, 4) is 34.3 Å². The average molecular weight is 738 g/mol. The van der Waals surface area contributed by atoms with Gasteiger partial charge in [0, 0.05) is 50.0 Å². The van der Waals surface area contributed by atoms with Crippen LogP contribution in [0.3, 0.4) is 0 Å². The summed E-state index contributed by atoms with van der Waals surface area (Å²) in [7, 11) is 0. The largest absolute Gasteiger partial charge is 0.505 e. The van der Waals surface area contributed by atoms with Crippen molar-refractivity contribution in [2.75, 3.05) is 0 Å². The third-order valence-corrected chi connectivity index (χ3v) is 7.85. The van der Waals surface area contributed by atoms with Gasteiger partial charge in [-0.05, 0) is 58.0 Å². The maximum atomic E-state index is 11.0. The van der Waals surface area contributed by atoms with Crippen LogP contribution in [0.5, 0.6) is 17.4 Å². The van der Waals surface area contributed by atoms with Crippen molar-refractivity contribution in [2.45, 2.75) is 6.92 Å². The van der Waals surface area contributed by atoms with E-state index in [0.717, 1.165) is 49.7 Å². The van der Waals surface area contributed by atoms with E-state index in [4.69, 9.17) is 9.72 Å². The van der Waals surface area contributed by atoms with Crippen LogP contribution in [0.15, 0.2) is 121 Å². The van der Waals surface area contributed by atoms with Crippen molar-refractivity contribution in [1.29, 1.82) is 0 Å². The molecule has 0 aliphatic carbocycles. The number of rotatable bonds is 4. The number of pyridine rings is 2. The third kappa shape index (κ3) is 4.45. The zero-order chi connectivity index (χ0) is 28.2. The van der Waals surface area contributed by atoms with Crippen LogP contribution in [0.4, 0.5) is 0 Å². The molecule has 1 N–H and O–H groups in total. The summed E-state index contributed by atoms with van der Waals surface area (Å²) < 4.78 is 8.54. The molecule has 0 unspecified atom stereocenters. The zero-order valence-corrected chi connectivity index (χ0v) is 25.3. The molecule has 0 spiro atoms. The van der Waals surface area contributed by atoms with Crippen LogP contribution in [-0.2, 0) is 21.1 Å². The number of phenols is 1. The summed E-state index contributed by atoms with van der Waals surface area (Å²) in [5, 5.41) is 16.4. The van der Waals surface area contributed by atoms with Gasteiger partial charge in [-0.3, -0.25) is 0 Å². The summed E-state index contributed by atoms with van der Waals surface area (Å²) in [5.74, 6) is 1.85. The van der Waals surface area contributed by atoms with E-state index in [1.54, 1.807) is 6.20 Å². The molecule has 5 aromatic carbocycles. The second-order valence-electron chi connectivity index (χ2n) is 10.4. The minimum atomic E-state index is 0. The fraction of sp³-hybridized carbons (Fsp3) is 0.0270. The normalized spacial score (nSPS) is 11.3. The van der Waals surface area contributed by atoms with Crippen LogP contribution in [0, 0.1) is 13.0 Å². The summed E-state index contributed by atoms with van der Waals surface area (Å²) in [6.07, 6.45) is 1.80. The molecule has 0 saturated carbocycles. The molecule has 0 amide bonds. The van der Waals surface area contributed by atoms with Gasteiger partial charge in [0.1, 0.15) is 17.1 Å². The van der Waals surface area contributed by atoms with E-state index in [1.165, 1.54) is 10.8 Å². The van der Waals surface area contributed by atoms with Gasteiger partial charge in [0.2, 0.25) is 5.88 Å². The first-order valence-electron chi connectivity index (χ1n) is 13.8. The molecule has 6 heteroatoms. The van der Waals surface area contributed by atoms with Crippen LogP contribution in [-0.4, -0.2) is 19.6 Å². The molecular weight excluding hydrogens is 714 g/mol. The van der Waals surface area contributed by atoms with Crippen molar-refractivity contribution >= 4 is 43.5 Å². The van der Waals surface area contributed by atoms with E-state index >= 15 is 0 Å². The molecule has 0 aliphatic heterocycles.